The van der Waals surface area contributed by atoms with Gasteiger partial charge in [0.25, 0.3) is 10.2 Å². The third kappa shape index (κ3) is 4.17. The molecule has 0 unspecified atom stereocenters. The fourth-order valence-electron chi connectivity index (χ4n) is 2.13. The topological polar surface area (TPSA) is 70.7 Å². The minimum atomic E-state index is -3.36. The van der Waals surface area contributed by atoms with Crippen LogP contribution in [0, 0.1) is 0 Å². The van der Waals surface area contributed by atoms with Gasteiger partial charge in [-0.2, -0.15) is 12.7 Å². The average Bonchev–Trinajstić information content (AvgIpc) is 2.48. The van der Waals surface area contributed by atoms with Gasteiger partial charge in [-0.05, 0) is 24.1 Å². The Hall–Kier alpha value is -1.15. The van der Waals surface area contributed by atoms with Crippen molar-refractivity contribution in [3.8, 4) is 5.75 Å². The van der Waals surface area contributed by atoms with Gasteiger partial charge in [0.15, 0.2) is 0 Å². The fraction of sp³-hybridized carbons (Fsp3) is 0.538. The molecule has 1 saturated heterocycles. The molecule has 0 radical (unpaired) electrons. The van der Waals surface area contributed by atoms with Gasteiger partial charge < -0.3 is 10.1 Å². The van der Waals surface area contributed by atoms with Crippen LogP contribution in [0.4, 0.5) is 0 Å². The van der Waals surface area contributed by atoms with Crippen molar-refractivity contribution in [2.24, 2.45) is 0 Å². The molecular weight excluding hydrogens is 278 g/mol. The van der Waals surface area contributed by atoms with E-state index in [9.17, 15) is 8.42 Å². The van der Waals surface area contributed by atoms with E-state index in [2.05, 4.69) is 10.0 Å². The standard InChI is InChI=1S/C13H21N3O3S/c1-19-13-4-2-3-12(11-13)5-6-15-20(17,18)16-9-7-14-8-10-16/h2-4,11,14-15H,5-10H2,1H3. The van der Waals surface area contributed by atoms with Crippen LogP contribution in [-0.4, -0.2) is 52.6 Å². The number of methoxy groups -OCH3 is 1. The van der Waals surface area contributed by atoms with E-state index >= 15 is 0 Å². The largest absolute Gasteiger partial charge is 0.497 e. The van der Waals surface area contributed by atoms with Crippen LogP contribution in [-0.2, 0) is 16.6 Å². The van der Waals surface area contributed by atoms with Gasteiger partial charge >= 0.3 is 0 Å². The summed E-state index contributed by atoms with van der Waals surface area (Å²) in [4.78, 5) is 0. The molecule has 0 spiro atoms. The monoisotopic (exact) mass is 299 g/mol. The number of nitrogens with one attached hydrogen (secondary N) is 2. The highest BCUT2D eigenvalue weighted by molar-refractivity contribution is 7.87. The summed E-state index contributed by atoms with van der Waals surface area (Å²) < 4.78 is 33.4. The minimum absolute atomic E-state index is 0.388. The predicted molar refractivity (Wildman–Crippen MR) is 78.1 cm³/mol. The van der Waals surface area contributed by atoms with Crippen LogP contribution < -0.4 is 14.8 Å². The van der Waals surface area contributed by atoms with Gasteiger partial charge in [-0.3, -0.25) is 0 Å². The molecule has 0 saturated carbocycles. The Labute approximate surface area is 120 Å². The first-order valence-electron chi connectivity index (χ1n) is 6.70. The SMILES string of the molecule is COc1cccc(CCNS(=O)(=O)N2CCNCC2)c1. The molecule has 0 atom stereocenters. The van der Waals surface area contributed by atoms with Crippen LogP contribution >= 0.6 is 0 Å². The highest BCUT2D eigenvalue weighted by Gasteiger charge is 2.22. The fourth-order valence-corrected chi connectivity index (χ4v) is 3.33. The second-order valence-electron chi connectivity index (χ2n) is 4.65. The van der Waals surface area contributed by atoms with Crippen LogP contribution in [0.15, 0.2) is 24.3 Å². The van der Waals surface area contributed by atoms with Gasteiger partial charge in [-0.1, -0.05) is 12.1 Å². The van der Waals surface area contributed by atoms with E-state index in [1.807, 2.05) is 24.3 Å². The van der Waals surface area contributed by atoms with Crippen molar-refractivity contribution in [1.29, 1.82) is 0 Å². The van der Waals surface area contributed by atoms with E-state index in [0.29, 0.717) is 39.1 Å². The summed E-state index contributed by atoms with van der Waals surface area (Å²) in [7, 11) is -1.74. The first kappa shape index (κ1) is 15.2. The van der Waals surface area contributed by atoms with E-state index in [4.69, 9.17) is 4.74 Å². The number of nitrogens with zero attached hydrogens (tertiary/aromatic N) is 1. The molecule has 0 aliphatic carbocycles. The van der Waals surface area contributed by atoms with E-state index in [1.165, 1.54) is 4.31 Å². The number of piperazine rings is 1. The number of hydrogen-bond acceptors (Lipinski definition) is 4. The van der Waals surface area contributed by atoms with Crippen molar-refractivity contribution < 1.29 is 13.2 Å². The molecule has 1 heterocycles. The van der Waals surface area contributed by atoms with Gasteiger partial charge in [0.1, 0.15) is 5.75 Å². The molecule has 0 bridgehead atoms. The second-order valence-corrected chi connectivity index (χ2v) is 6.41. The molecule has 1 aliphatic heterocycles. The van der Waals surface area contributed by atoms with Gasteiger partial charge in [-0.25, -0.2) is 4.72 Å². The lowest BCUT2D eigenvalue weighted by Crippen LogP contribution is -2.50. The Morgan fingerprint density at radius 3 is 2.80 bits per heavy atom. The van der Waals surface area contributed by atoms with Crippen LogP contribution in [0.3, 0.4) is 0 Å². The predicted octanol–water partition coefficient (Wildman–Crippen LogP) is -0.0227. The summed E-state index contributed by atoms with van der Waals surface area (Å²) in [5, 5.41) is 3.13. The van der Waals surface area contributed by atoms with Gasteiger partial charge in [0.2, 0.25) is 0 Å². The van der Waals surface area contributed by atoms with Crippen molar-refractivity contribution in [3.63, 3.8) is 0 Å². The lowest BCUT2D eigenvalue weighted by Gasteiger charge is -2.26. The van der Waals surface area contributed by atoms with E-state index in [1.54, 1.807) is 7.11 Å². The molecule has 7 heteroatoms. The van der Waals surface area contributed by atoms with Crippen LogP contribution in [0.2, 0.25) is 0 Å². The minimum Gasteiger partial charge on any atom is -0.497 e. The Kier molecular flexibility index (Phi) is 5.36. The zero-order chi connectivity index (χ0) is 14.4. The number of ether oxygens (including phenoxy) is 1. The maximum absolute atomic E-state index is 12.1. The second kappa shape index (κ2) is 7.03. The van der Waals surface area contributed by atoms with Gasteiger partial charge in [0.05, 0.1) is 7.11 Å². The molecule has 2 rings (SSSR count). The first-order valence-corrected chi connectivity index (χ1v) is 8.14. The van der Waals surface area contributed by atoms with Crippen molar-refractivity contribution >= 4 is 10.2 Å². The maximum atomic E-state index is 12.1. The zero-order valence-electron chi connectivity index (χ0n) is 11.6. The Morgan fingerprint density at radius 1 is 1.35 bits per heavy atom. The number of rotatable bonds is 6. The van der Waals surface area contributed by atoms with Gasteiger partial charge in [-0.15, -0.1) is 0 Å². The summed E-state index contributed by atoms with van der Waals surface area (Å²) in [6, 6.07) is 7.65. The third-order valence-corrected chi connectivity index (χ3v) is 4.86. The molecular formula is C13H21N3O3S. The molecule has 6 nitrogen and oxygen atoms in total. The van der Waals surface area contributed by atoms with Crippen LogP contribution in [0.1, 0.15) is 5.56 Å². The number of benzene rings is 1. The van der Waals surface area contributed by atoms with Crippen LogP contribution in [0.25, 0.3) is 0 Å². The summed E-state index contributed by atoms with van der Waals surface area (Å²) in [6.07, 6.45) is 0.641. The van der Waals surface area contributed by atoms with Crippen molar-refractivity contribution in [1.82, 2.24) is 14.3 Å². The van der Waals surface area contributed by atoms with E-state index in [0.717, 1.165) is 11.3 Å². The average molecular weight is 299 g/mol. The lowest BCUT2D eigenvalue weighted by molar-refractivity contribution is 0.355. The third-order valence-electron chi connectivity index (χ3n) is 3.25. The first-order chi connectivity index (χ1) is 9.62. The maximum Gasteiger partial charge on any atom is 0.279 e. The van der Waals surface area contributed by atoms with Crippen molar-refractivity contribution in [3.05, 3.63) is 29.8 Å². The molecule has 20 heavy (non-hydrogen) atoms. The normalized spacial score (nSPS) is 17.1. The van der Waals surface area contributed by atoms with Crippen LogP contribution in [0.5, 0.6) is 5.75 Å². The number of hydrogen-bond donors (Lipinski definition) is 2. The summed E-state index contributed by atoms with van der Waals surface area (Å²) in [5.74, 6) is 0.785. The smallest absolute Gasteiger partial charge is 0.279 e. The highest BCUT2D eigenvalue weighted by Crippen LogP contribution is 2.12. The van der Waals surface area contributed by atoms with Crippen molar-refractivity contribution in [2.75, 3.05) is 39.8 Å². The molecule has 1 aromatic rings. The summed E-state index contributed by atoms with van der Waals surface area (Å²) in [6.45, 7) is 2.84. The molecule has 1 aliphatic rings. The summed E-state index contributed by atoms with van der Waals surface area (Å²) in [5.41, 5.74) is 1.05. The van der Waals surface area contributed by atoms with E-state index < -0.39 is 10.2 Å². The Morgan fingerprint density at radius 2 is 2.10 bits per heavy atom. The molecule has 2 N–H and O–H groups in total. The molecule has 0 aromatic heterocycles. The lowest BCUT2D eigenvalue weighted by atomic mass is 10.1. The molecule has 112 valence electrons. The highest BCUT2D eigenvalue weighted by atomic mass is 32.2. The van der Waals surface area contributed by atoms with Gasteiger partial charge in [0, 0.05) is 32.7 Å². The Bertz CT molecular complexity index is 527. The quantitative estimate of drug-likeness (QED) is 0.774. The molecule has 1 fully saturated rings. The zero-order valence-corrected chi connectivity index (χ0v) is 12.4. The Balaban J connectivity index is 1.85. The molecule has 0 amide bonds. The van der Waals surface area contributed by atoms with Crippen molar-refractivity contribution in [2.45, 2.75) is 6.42 Å². The summed E-state index contributed by atoms with van der Waals surface area (Å²) >= 11 is 0. The van der Waals surface area contributed by atoms with E-state index in [-0.39, 0.29) is 0 Å². The molecule has 1 aromatic carbocycles.